The lowest BCUT2D eigenvalue weighted by Crippen LogP contribution is -2.22. The number of benzene rings is 1. The zero-order chi connectivity index (χ0) is 14.5. The monoisotopic (exact) mass is 288 g/mol. The van der Waals surface area contributed by atoms with E-state index in [2.05, 4.69) is 0 Å². The molecule has 0 heterocycles. The van der Waals surface area contributed by atoms with E-state index >= 15 is 0 Å². The highest BCUT2D eigenvalue weighted by Gasteiger charge is 2.16. The topological polar surface area (TPSA) is 72.6 Å². The van der Waals surface area contributed by atoms with Crippen LogP contribution in [0.4, 0.5) is 4.39 Å². The van der Waals surface area contributed by atoms with E-state index in [0.29, 0.717) is 5.75 Å². The summed E-state index contributed by atoms with van der Waals surface area (Å²) < 4.78 is 42.9. The first kappa shape index (κ1) is 15.6. The summed E-state index contributed by atoms with van der Waals surface area (Å²) in [5.74, 6) is -0.0780. The molecule has 0 aliphatic carbocycles. The molecule has 0 saturated carbocycles. The number of sulfonamides is 1. The second-order valence-electron chi connectivity index (χ2n) is 3.93. The lowest BCUT2D eigenvalue weighted by Gasteiger charge is -2.11. The lowest BCUT2D eigenvalue weighted by atomic mass is 10.3. The third kappa shape index (κ3) is 4.30. The van der Waals surface area contributed by atoms with E-state index in [9.17, 15) is 12.8 Å². The van der Waals surface area contributed by atoms with Crippen molar-refractivity contribution in [2.24, 2.45) is 5.73 Å². The molecule has 1 aromatic carbocycles. The Balaban J connectivity index is 2.75. The van der Waals surface area contributed by atoms with E-state index in [0.717, 1.165) is 4.31 Å². The first-order valence-corrected chi connectivity index (χ1v) is 7.02. The Labute approximate surface area is 112 Å². The van der Waals surface area contributed by atoms with Gasteiger partial charge in [-0.15, -0.1) is 0 Å². The van der Waals surface area contributed by atoms with Crippen molar-refractivity contribution in [1.82, 2.24) is 4.31 Å². The molecule has 0 aliphatic heterocycles. The van der Waals surface area contributed by atoms with Gasteiger partial charge in [0.05, 0.1) is 4.90 Å². The fourth-order valence-corrected chi connectivity index (χ4v) is 2.16. The van der Waals surface area contributed by atoms with Crippen molar-refractivity contribution >= 4 is 10.0 Å². The highest BCUT2D eigenvalue weighted by atomic mass is 32.2. The fourth-order valence-electron chi connectivity index (χ4n) is 1.26. The van der Waals surface area contributed by atoms with Crippen LogP contribution in [-0.4, -0.2) is 40.0 Å². The molecule has 0 amide bonds. The number of hydrogen-bond acceptors (Lipinski definition) is 4. The SMILES string of the molecule is CN(C)S(=O)(=O)c1ccc(OC/C(F)=C/CN)cc1. The zero-order valence-electron chi connectivity index (χ0n) is 10.8. The highest BCUT2D eigenvalue weighted by molar-refractivity contribution is 7.89. The average Bonchev–Trinajstić information content (AvgIpc) is 2.37. The van der Waals surface area contributed by atoms with Crippen LogP contribution in [0.2, 0.25) is 0 Å². The molecular formula is C12H17FN2O3S. The molecule has 1 aromatic rings. The van der Waals surface area contributed by atoms with Gasteiger partial charge in [0, 0.05) is 20.6 Å². The van der Waals surface area contributed by atoms with Gasteiger partial charge in [-0.05, 0) is 30.3 Å². The largest absolute Gasteiger partial charge is 0.487 e. The predicted octanol–water partition coefficient (Wildman–Crippen LogP) is 1.13. The molecule has 0 spiro atoms. The van der Waals surface area contributed by atoms with E-state index in [1.165, 1.54) is 44.4 Å². The molecule has 5 nitrogen and oxygen atoms in total. The van der Waals surface area contributed by atoms with Gasteiger partial charge in [0.1, 0.15) is 18.2 Å². The highest BCUT2D eigenvalue weighted by Crippen LogP contribution is 2.18. The number of hydrogen-bond donors (Lipinski definition) is 1. The maximum atomic E-state index is 13.0. The molecule has 0 bridgehead atoms. The van der Waals surface area contributed by atoms with Crippen molar-refractivity contribution in [2.75, 3.05) is 27.2 Å². The third-order valence-corrected chi connectivity index (χ3v) is 4.15. The molecule has 106 valence electrons. The zero-order valence-corrected chi connectivity index (χ0v) is 11.7. The molecule has 0 atom stereocenters. The summed E-state index contributed by atoms with van der Waals surface area (Å²) in [6, 6.07) is 5.78. The van der Waals surface area contributed by atoms with Gasteiger partial charge in [0.15, 0.2) is 0 Å². The number of nitrogens with zero attached hydrogens (tertiary/aromatic N) is 1. The van der Waals surface area contributed by atoms with Crippen LogP contribution < -0.4 is 10.5 Å². The summed E-state index contributed by atoms with van der Waals surface area (Å²) in [5, 5.41) is 0. The van der Waals surface area contributed by atoms with Crippen molar-refractivity contribution in [3.8, 4) is 5.75 Å². The number of nitrogens with two attached hydrogens (primary N) is 1. The molecule has 0 aliphatic rings. The molecule has 1 rings (SSSR count). The van der Waals surface area contributed by atoms with Crippen molar-refractivity contribution in [3.63, 3.8) is 0 Å². The Kier molecular flexibility index (Phi) is 5.46. The van der Waals surface area contributed by atoms with Crippen molar-refractivity contribution < 1.29 is 17.5 Å². The van der Waals surface area contributed by atoms with E-state index in [-0.39, 0.29) is 18.0 Å². The minimum atomic E-state index is -3.46. The van der Waals surface area contributed by atoms with Crippen LogP contribution in [0.3, 0.4) is 0 Å². The van der Waals surface area contributed by atoms with Gasteiger partial charge < -0.3 is 10.5 Å². The maximum absolute atomic E-state index is 13.0. The van der Waals surface area contributed by atoms with Crippen molar-refractivity contribution in [2.45, 2.75) is 4.90 Å². The maximum Gasteiger partial charge on any atom is 0.242 e. The Morgan fingerprint density at radius 2 is 1.95 bits per heavy atom. The van der Waals surface area contributed by atoms with Crippen LogP contribution >= 0.6 is 0 Å². The van der Waals surface area contributed by atoms with Crippen LogP contribution in [0.1, 0.15) is 0 Å². The minimum absolute atomic E-state index is 0.106. The molecule has 7 heteroatoms. The van der Waals surface area contributed by atoms with E-state index in [1.807, 2.05) is 0 Å². The van der Waals surface area contributed by atoms with Gasteiger partial charge >= 0.3 is 0 Å². The summed E-state index contributed by atoms with van der Waals surface area (Å²) in [6.45, 7) is -0.119. The third-order valence-electron chi connectivity index (χ3n) is 2.32. The van der Waals surface area contributed by atoms with Gasteiger partial charge in [-0.25, -0.2) is 17.1 Å². The molecule has 0 saturated heterocycles. The summed E-state index contributed by atoms with van der Waals surface area (Å²) in [7, 11) is -0.556. The summed E-state index contributed by atoms with van der Waals surface area (Å²) in [6.07, 6.45) is 1.21. The van der Waals surface area contributed by atoms with Crippen LogP contribution in [0, 0.1) is 0 Å². The standard InChI is InChI=1S/C12H17FN2O3S/c1-15(2)19(16,17)12-5-3-11(4-6-12)18-9-10(13)7-8-14/h3-7H,8-9,14H2,1-2H3/b10-7-. The van der Waals surface area contributed by atoms with Crippen LogP contribution in [0.5, 0.6) is 5.75 Å². The smallest absolute Gasteiger partial charge is 0.242 e. The first-order valence-electron chi connectivity index (χ1n) is 5.58. The Hall–Kier alpha value is -1.44. The van der Waals surface area contributed by atoms with E-state index < -0.39 is 15.9 Å². The predicted molar refractivity (Wildman–Crippen MR) is 71.1 cm³/mol. The van der Waals surface area contributed by atoms with Crippen molar-refractivity contribution in [1.29, 1.82) is 0 Å². The van der Waals surface area contributed by atoms with E-state index in [1.54, 1.807) is 0 Å². The van der Waals surface area contributed by atoms with Gasteiger partial charge in [-0.1, -0.05) is 0 Å². The number of rotatable bonds is 6. The van der Waals surface area contributed by atoms with Crippen LogP contribution in [0.15, 0.2) is 41.1 Å². The van der Waals surface area contributed by atoms with Gasteiger partial charge in [0.2, 0.25) is 10.0 Å². The van der Waals surface area contributed by atoms with E-state index in [4.69, 9.17) is 10.5 Å². The molecule has 19 heavy (non-hydrogen) atoms. The first-order chi connectivity index (χ1) is 8.87. The van der Waals surface area contributed by atoms with Gasteiger partial charge in [-0.3, -0.25) is 0 Å². The van der Waals surface area contributed by atoms with Crippen molar-refractivity contribution in [3.05, 3.63) is 36.2 Å². The number of halogens is 1. The second-order valence-corrected chi connectivity index (χ2v) is 6.09. The summed E-state index contributed by atoms with van der Waals surface area (Å²) in [4.78, 5) is 0.155. The Morgan fingerprint density at radius 1 is 1.37 bits per heavy atom. The molecule has 0 unspecified atom stereocenters. The molecule has 0 fully saturated rings. The molecule has 0 aromatic heterocycles. The fraction of sp³-hybridized carbons (Fsp3) is 0.333. The molecular weight excluding hydrogens is 271 g/mol. The lowest BCUT2D eigenvalue weighted by molar-refractivity contribution is 0.318. The summed E-state index contributed by atoms with van der Waals surface area (Å²) >= 11 is 0. The van der Waals surface area contributed by atoms with Gasteiger partial charge in [0.25, 0.3) is 0 Å². The van der Waals surface area contributed by atoms with Crippen LogP contribution in [0.25, 0.3) is 0 Å². The van der Waals surface area contributed by atoms with Gasteiger partial charge in [-0.2, -0.15) is 0 Å². The quantitative estimate of drug-likeness (QED) is 0.851. The Morgan fingerprint density at radius 3 is 2.42 bits per heavy atom. The minimum Gasteiger partial charge on any atom is -0.487 e. The summed E-state index contributed by atoms with van der Waals surface area (Å²) in [5.41, 5.74) is 5.15. The molecule has 2 N–H and O–H groups in total. The van der Waals surface area contributed by atoms with Crippen LogP contribution in [-0.2, 0) is 10.0 Å². The number of ether oxygens (including phenoxy) is 1. The average molecular weight is 288 g/mol. The second kappa shape index (κ2) is 6.65. The Bertz CT molecular complexity index is 539. The molecule has 0 radical (unpaired) electrons. The normalized spacial score (nSPS) is 12.8.